The molecule has 3 heteroatoms. The molecule has 0 amide bonds. The first-order valence-electron chi connectivity index (χ1n) is 6.49. The van der Waals surface area contributed by atoms with Crippen LogP contribution in [0.25, 0.3) is 0 Å². The molecule has 4 unspecified atom stereocenters. The normalized spacial score (nSPS) is 35.8. The van der Waals surface area contributed by atoms with Crippen LogP contribution in [0.15, 0.2) is 42.0 Å². The molecule has 3 nitrogen and oxygen atoms in total. The summed E-state index contributed by atoms with van der Waals surface area (Å²) in [5, 5.41) is 20.3. The van der Waals surface area contributed by atoms with Crippen LogP contribution in [0.2, 0.25) is 0 Å². The summed E-state index contributed by atoms with van der Waals surface area (Å²) in [6, 6.07) is 9.83. The molecule has 0 spiro atoms. The molecular formula is C15H18O3. The van der Waals surface area contributed by atoms with Crippen molar-refractivity contribution in [2.24, 2.45) is 0 Å². The number of rotatable bonds is 1. The van der Waals surface area contributed by atoms with Crippen molar-refractivity contribution in [3.63, 3.8) is 0 Å². The Morgan fingerprint density at radius 3 is 2.67 bits per heavy atom. The Balaban J connectivity index is 1.98. The van der Waals surface area contributed by atoms with E-state index in [9.17, 15) is 10.2 Å². The smallest absolute Gasteiger partial charge is 0.0898 e. The minimum Gasteiger partial charge on any atom is -0.390 e. The van der Waals surface area contributed by atoms with Crippen molar-refractivity contribution in [1.29, 1.82) is 0 Å². The fourth-order valence-electron chi connectivity index (χ4n) is 3.02. The first-order chi connectivity index (χ1) is 8.77. The summed E-state index contributed by atoms with van der Waals surface area (Å²) in [6.07, 6.45) is 2.04. The van der Waals surface area contributed by atoms with Gasteiger partial charge in [0.2, 0.25) is 0 Å². The van der Waals surface area contributed by atoms with E-state index in [1.165, 1.54) is 0 Å². The molecule has 1 saturated carbocycles. The second-order valence-electron chi connectivity index (χ2n) is 5.06. The SMILES string of the molecule is OC1CC2=CCCOC2C(c2ccccc2)C1O. The Morgan fingerprint density at radius 2 is 1.89 bits per heavy atom. The van der Waals surface area contributed by atoms with E-state index in [-0.39, 0.29) is 12.0 Å². The minimum absolute atomic E-state index is 0.0838. The summed E-state index contributed by atoms with van der Waals surface area (Å²) in [6.45, 7) is 0.695. The van der Waals surface area contributed by atoms with E-state index >= 15 is 0 Å². The fraction of sp³-hybridized carbons (Fsp3) is 0.467. The first kappa shape index (κ1) is 11.9. The van der Waals surface area contributed by atoms with E-state index in [2.05, 4.69) is 6.08 Å². The van der Waals surface area contributed by atoms with Gasteiger partial charge in [-0.3, -0.25) is 0 Å². The van der Waals surface area contributed by atoms with Gasteiger partial charge in [0, 0.05) is 5.92 Å². The Hall–Kier alpha value is -1.16. The van der Waals surface area contributed by atoms with Gasteiger partial charge in [0.15, 0.2) is 0 Å². The molecule has 1 fully saturated rings. The maximum atomic E-state index is 10.3. The van der Waals surface area contributed by atoms with Crippen LogP contribution in [0.1, 0.15) is 24.3 Å². The topological polar surface area (TPSA) is 49.7 Å². The number of aliphatic hydroxyl groups excluding tert-OH is 2. The van der Waals surface area contributed by atoms with Gasteiger partial charge < -0.3 is 14.9 Å². The predicted molar refractivity (Wildman–Crippen MR) is 68.3 cm³/mol. The zero-order valence-electron chi connectivity index (χ0n) is 10.2. The van der Waals surface area contributed by atoms with Crippen molar-refractivity contribution < 1.29 is 14.9 Å². The Kier molecular flexibility index (Phi) is 3.20. The fourth-order valence-corrected chi connectivity index (χ4v) is 3.02. The third-order valence-corrected chi connectivity index (χ3v) is 3.90. The van der Waals surface area contributed by atoms with Crippen molar-refractivity contribution in [2.75, 3.05) is 6.61 Å². The van der Waals surface area contributed by atoms with E-state index in [1.54, 1.807) is 0 Å². The van der Waals surface area contributed by atoms with Crippen LogP contribution >= 0.6 is 0 Å². The second-order valence-corrected chi connectivity index (χ2v) is 5.06. The molecule has 96 valence electrons. The largest absolute Gasteiger partial charge is 0.390 e. The van der Waals surface area contributed by atoms with E-state index in [4.69, 9.17) is 4.74 Å². The van der Waals surface area contributed by atoms with E-state index in [1.807, 2.05) is 30.3 Å². The summed E-state index contributed by atoms with van der Waals surface area (Å²) in [5.74, 6) is -0.165. The van der Waals surface area contributed by atoms with Crippen LogP contribution in [0.3, 0.4) is 0 Å². The lowest BCUT2D eigenvalue weighted by molar-refractivity contribution is -0.0692. The average Bonchev–Trinajstić information content (AvgIpc) is 2.41. The molecule has 1 heterocycles. The molecule has 4 atom stereocenters. The Labute approximate surface area is 107 Å². The van der Waals surface area contributed by atoms with E-state index in [0.29, 0.717) is 13.0 Å². The first-order valence-corrected chi connectivity index (χ1v) is 6.49. The Morgan fingerprint density at radius 1 is 1.11 bits per heavy atom. The van der Waals surface area contributed by atoms with Crippen molar-refractivity contribution in [3.8, 4) is 0 Å². The number of fused-ring (bicyclic) bond motifs is 1. The average molecular weight is 246 g/mol. The summed E-state index contributed by atoms with van der Waals surface area (Å²) < 4.78 is 5.83. The maximum absolute atomic E-state index is 10.3. The molecule has 2 aliphatic rings. The van der Waals surface area contributed by atoms with Gasteiger partial charge in [-0.1, -0.05) is 36.4 Å². The van der Waals surface area contributed by atoms with Gasteiger partial charge in [0.25, 0.3) is 0 Å². The van der Waals surface area contributed by atoms with Crippen LogP contribution in [0, 0.1) is 0 Å². The molecule has 0 saturated heterocycles. The quantitative estimate of drug-likeness (QED) is 0.740. The van der Waals surface area contributed by atoms with Crippen LogP contribution < -0.4 is 0 Å². The van der Waals surface area contributed by atoms with Crippen LogP contribution in [-0.4, -0.2) is 35.1 Å². The third kappa shape index (κ3) is 1.99. The third-order valence-electron chi connectivity index (χ3n) is 3.90. The number of benzene rings is 1. The highest BCUT2D eigenvalue weighted by atomic mass is 16.5. The standard InChI is InChI=1S/C15H18O3/c16-12-9-11-7-4-8-18-15(11)13(14(12)17)10-5-2-1-3-6-10/h1-3,5-7,12-17H,4,8-9H2. The lowest BCUT2D eigenvalue weighted by Crippen LogP contribution is -2.46. The lowest BCUT2D eigenvalue weighted by atomic mass is 9.74. The molecule has 1 aliphatic carbocycles. The summed E-state index contributed by atoms with van der Waals surface area (Å²) >= 11 is 0. The van der Waals surface area contributed by atoms with Gasteiger partial charge in [-0.25, -0.2) is 0 Å². The number of ether oxygens (including phenoxy) is 1. The van der Waals surface area contributed by atoms with Gasteiger partial charge in [-0.15, -0.1) is 0 Å². The molecule has 3 rings (SSSR count). The zero-order chi connectivity index (χ0) is 12.5. The van der Waals surface area contributed by atoms with Crippen molar-refractivity contribution in [3.05, 3.63) is 47.5 Å². The van der Waals surface area contributed by atoms with Gasteiger partial charge in [-0.2, -0.15) is 0 Å². The van der Waals surface area contributed by atoms with Crippen molar-refractivity contribution in [2.45, 2.75) is 37.1 Å². The summed E-state index contributed by atoms with van der Waals surface area (Å²) in [4.78, 5) is 0. The zero-order valence-corrected chi connectivity index (χ0v) is 10.2. The Bertz CT molecular complexity index is 440. The highest BCUT2D eigenvalue weighted by Crippen LogP contribution is 2.40. The highest BCUT2D eigenvalue weighted by Gasteiger charge is 2.42. The molecular weight excluding hydrogens is 228 g/mol. The van der Waals surface area contributed by atoms with Crippen LogP contribution in [0.5, 0.6) is 0 Å². The summed E-state index contributed by atoms with van der Waals surface area (Å²) in [7, 11) is 0. The number of hydrogen-bond acceptors (Lipinski definition) is 3. The van der Waals surface area contributed by atoms with E-state index in [0.717, 1.165) is 17.6 Å². The number of aliphatic hydroxyl groups is 2. The van der Waals surface area contributed by atoms with Crippen molar-refractivity contribution >= 4 is 0 Å². The van der Waals surface area contributed by atoms with Crippen LogP contribution in [-0.2, 0) is 4.74 Å². The molecule has 1 aromatic carbocycles. The summed E-state index contributed by atoms with van der Waals surface area (Å²) in [5.41, 5.74) is 2.16. The van der Waals surface area contributed by atoms with Gasteiger partial charge in [-0.05, 0) is 24.0 Å². The maximum Gasteiger partial charge on any atom is 0.0898 e. The van der Waals surface area contributed by atoms with Crippen LogP contribution in [0.4, 0.5) is 0 Å². The number of hydrogen-bond donors (Lipinski definition) is 2. The molecule has 0 bridgehead atoms. The lowest BCUT2D eigenvalue weighted by Gasteiger charge is -2.42. The monoisotopic (exact) mass is 246 g/mol. The minimum atomic E-state index is -0.757. The van der Waals surface area contributed by atoms with Gasteiger partial charge >= 0.3 is 0 Å². The molecule has 1 aromatic rings. The van der Waals surface area contributed by atoms with E-state index < -0.39 is 12.2 Å². The van der Waals surface area contributed by atoms with Crippen molar-refractivity contribution in [1.82, 2.24) is 0 Å². The van der Waals surface area contributed by atoms with Gasteiger partial charge in [0.1, 0.15) is 0 Å². The predicted octanol–water partition coefficient (Wildman–Crippen LogP) is 1.61. The molecule has 0 aromatic heterocycles. The molecule has 0 radical (unpaired) electrons. The molecule has 18 heavy (non-hydrogen) atoms. The highest BCUT2D eigenvalue weighted by molar-refractivity contribution is 5.31. The van der Waals surface area contributed by atoms with Gasteiger partial charge in [0.05, 0.1) is 24.9 Å². The molecule has 1 aliphatic heterocycles. The second kappa shape index (κ2) is 4.84. The molecule has 2 N–H and O–H groups in total.